The van der Waals surface area contributed by atoms with Crippen LogP contribution < -0.4 is 5.32 Å². The van der Waals surface area contributed by atoms with Crippen molar-refractivity contribution in [1.82, 2.24) is 5.32 Å². The first-order valence-corrected chi connectivity index (χ1v) is 4.73. The van der Waals surface area contributed by atoms with Gasteiger partial charge in [0.05, 0.1) is 0 Å². The molecule has 1 atom stereocenters. The average molecular weight is 161 g/mol. The first kappa shape index (κ1) is 7.81. The quantitative estimate of drug-likeness (QED) is 0.717. The van der Waals surface area contributed by atoms with Gasteiger partial charge in [-0.15, -0.1) is 0 Å². The zero-order chi connectivity index (χ0) is 8.39. The van der Waals surface area contributed by atoms with Crippen molar-refractivity contribution < 1.29 is 0 Å². The first-order chi connectivity index (χ1) is 5.92. The average Bonchev–Trinajstić information content (AvgIpc) is 2.07. The predicted molar refractivity (Wildman–Crippen MR) is 51.2 cm³/mol. The standard InChI is InChI=1S/C11H15N/c1-2-7-12-11-8-9-5-3-4-6-10(9)11/h3-6,11-12H,2,7-8H2,1H3. The van der Waals surface area contributed by atoms with E-state index in [2.05, 4.69) is 36.5 Å². The lowest BCUT2D eigenvalue weighted by Gasteiger charge is -2.30. The molecule has 1 aliphatic carbocycles. The molecule has 12 heavy (non-hydrogen) atoms. The lowest BCUT2D eigenvalue weighted by atomic mass is 9.83. The highest BCUT2D eigenvalue weighted by molar-refractivity contribution is 5.39. The molecule has 0 bridgehead atoms. The van der Waals surface area contributed by atoms with E-state index in [4.69, 9.17) is 0 Å². The fourth-order valence-electron chi connectivity index (χ4n) is 1.76. The zero-order valence-corrected chi connectivity index (χ0v) is 7.51. The summed E-state index contributed by atoms with van der Waals surface area (Å²) in [5, 5.41) is 3.52. The lowest BCUT2D eigenvalue weighted by Crippen LogP contribution is -2.31. The third-order valence-electron chi connectivity index (χ3n) is 2.50. The normalized spacial score (nSPS) is 19.9. The summed E-state index contributed by atoms with van der Waals surface area (Å²) in [6, 6.07) is 9.33. The van der Waals surface area contributed by atoms with Gasteiger partial charge in [0.25, 0.3) is 0 Å². The minimum Gasteiger partial charge on any atom is -0.310 e. The van der Waals surface area contributed by atoms with Gasteiger partial charge < -0.3 is 5.32 Å². The van der Waals surface area contributed by atoms with Crippen molar-refractivity contribution in [3.8, 4) is 0 Å². The van der Waals surface area contributed by atoms with Crippen molar-refractivity contribution in [1.29, 1.82) is 0 Å². The molecule has 1 aromatic rings. The highest BCUT2D eigenvalue weighted by atomic mass is 14.9. The number of benzene rings is 1. The molecule has 0 saturated carbocycles. The van der Waals surface area contributed by atoms with Crippen LogP contribution in [0.2, 0.25) is 0 Å². The van der Waals surface area contributed by atoms with E-state index < -0.39 is 0 Å². The fraction of sp³-hybridized carbons (Fsp3) is 0.455. The first-order valence-electron chi connectivity index (χ1n) is 4.73. The number of nitrogens with one attached hydrogen (secondary N) is 1. The van der Waals surface area contributed by atoms with Crippen molar-refractivity contribution >= 4 is 0 Å². The van der Waals surface area contributed by atoms with Crippen molar-refractivity contribution in [3.63, 3.8) is 0 Å². The predicted octanol–water partition coefficient (Wildman–Crippen LogP) is 2.28. The second-order valence-corrected chi connectivity index (χ2v) is 3.41. The van der Waals surface area contributed by atoms with E-state index in [-0.39, 0.29) is 0 Å². The highest BCUT2D eigenvalue weighted by Crippen LogP contribution is 2.32. The van der Waals surface area contributed by atoms with Crippen LogP contribution in [0.15, 0.2) is 24.3 Å². The molecule has 1 aromatic carbocycles. The molecule has 2 rings (SSSR count). The van der Waals surface area contributed by atoms with Crippen LogP contribution in [0, 0.1) is 0 Å². The Bertz CT molecular complexity index is 267. The van der Waals surface area contributed by atoms with Gasteiger partial charge in [-0.25, -0.2) is 0 Å². The second-order valence-electron chi connectivity index (χ2n) is 3.41. The smallest absolute Gasteiger partial charge is 0.0363 e. The Kier molecular flexibility index (Phi) is 2.13. The molecule has 0 amide bonds. The maximum absolute atomic E-state index is 3.52. The molecule has 1 heteroatoms. The Morgan fingerprint density at radius 3 is 3.00 bits per heavy atom. The van der Waals surface area contributed by atoms with Crippen molar-refractivity contribution in [3.05, 3.63) is 35.4 Å². The van der Waals surface area contributed by atoms with Gasteiger partial charge in [-0.05, 0) is 30.5 Å². The van der Waals surface area contributed by atoms with E-state index in [0.717, 1.165) is 6.54 Å². The van der Waals surface area contributed by atoms with Gasteiger partial charge in [-0.1, -0.05) is 31.2 Å². The van der Waals surface area contributed by atoms with Crippen LogP contribution in [0.3, 0.4) is 0 Å². The van der Waals surface area contributed by atoms with Crippen LogP contribution in [-0.2, 0) is 6.42 Å². The van der Waals surface area contributed by atoms with Crippen LogP contribution >= 0.6 is 0 Å². The molecule has 0 saturated heterocycles. The molecule has 1 N–H and O–H groups in total. The molecular formula is C11H15N. The summed E-state index contributed by atoms with van der Waals surface area (Å²) in [7, 11) is 0. The molecule has 64 valence electrons. The van der Waals surface area contributed by atoms with Gasteiger partial charge in [0.2, 0.25) is 0 Å². The highest BCUT2D eigenvalue weighted by Gasteiger charge is 2.23. The SMILES string of the molecule is CCCNC1Cc2ccccc21. The molecule has 0 spiro atoms. The van der Waals surface area contributed by atoms with Gasteiger partial charge in [0, 0.05) is 6.04 Å². The third kappa shape index (κ3) is 1.25. The van der Waals surface area contributed by atoms with Crippen molar-refractivity contribution in [2.24, 2.45) is 0 Å². The summed E-state index contributed by atoms with van der Waals surface area (Å²) < 4.78 is 0. The van der Waals surface area contributed by atoms with Crippen LogP contribution in [0.25, 0.3) is 0 Å². The summed E-state index contributed by atoms with van der Waals surface area (Å²) in [5.74, 6) is 0. The fourth-order valence-corrected chi connectivity index (χ4v) is 1.76. The van der Waals surface area contributed by atoms with Gasteiger partial charge in [-0.2, -0.15) is 0 Å². The van der Waals surface area contributed by atoms with E-state index in [0.29, 0.717) is 6.04 Å². The maximum Gasteiger partial charge on any atom is 0.0363 e. The maximum atomic E-state index is 3.52. The van der Waals surface area contributed by atoms with Crippen molar-refractivity contribution in [2.45, 2.75) is 25.8 Å². The zero-order valence-electron chi connectivity index (χ0n) is 7.51. The molecule has 0 aliphatic heterocycles. The summed E-state index contributed by atoms with van der Waals surface area (Å²) in [6.45, 7) is 3.34. The molecular weight excluding hydrogens is 146 g/mol. The number of hydrogen-bond donors (Lipinski definition) is 1. The summed E-state index contributed by atoms with van der Waals surface area (Å²) in [4.78, 5) is 0. The summed E-state index contributed by atoms with van der Waals surface area (Å²) in [6.07, 6.45) is 2.44. The minimum absolute atomic E-state index is 0.640. The van der Waals surface area contributed by atoms with E-state index in [1.807, 2.05) is 0 Å². The second kappa shape index (κ2) is 3.28. The molecule has 1 nitrogen and oxygen atoms in total. The Balaban J connectivity index is 2.00. The molecule has 0 radical (unpaired) electrons. The Labute approximate surface area is 73.8 Å². The summed E-state index contributed by atoms with van der Waals surface area (Å²) >= 11 is 0. The Hall–Kier alpha value is -0.820. The molecule has 1 unspecified atom stereocenters. The van der Waals surface area contributed by atoms with Gasteiger partial charge in [0.15, 0.2) is 0 Å². The monoisotopic (exact) mass is 161 g/mol. The molecule has 0 aromatic heterocycles. The van der Waals surface area contributed by atoms with Gasteiger partial charge in [-0.3, -0.25) is 0 Å². The largest absolute Gasteiger partial charge is 0.310 e. The van der Waals surface area contributed by atoms with Crippen LogP contribution in [0.1, 0.15) is 30.5 Å². The Morgan fingerprint density at radius 2 is 2.25 bits per heavy atom. The topological polar surface area (TPSA) is 12.0 Å². The lowest BCUT2D eigenvalue weighted by molar-refractivity contribution is 0.482. The van der Waals surface area contributed by atoms with Crippen LogP contribution in [0.5, 0.6) is 0 Å². The van der Waals surface area contributed by atoms with Gasteiger partial charge in [0.1, 0.15) is 0 Å². The molecule has 0 fully saturated rings. The van der Waals surface area contributed by atoms with E-state index >= 15 is 0 Å². The van der Waals surface area contributed by atoms with Gasteiger partial charge >= 0.3 is 0 Å². The third-order valence-corrected chi connectivity index (χ3v) is 2.50. The van der Waals surface area contributed by atoms with Crippen LogP contribution in [-0.4, -0.2) is 6.54 Å². The number of fused-ring (bicyclic) bond motifs is 1. The Morgan fingerprint density at radius 1 is 1.42 bits per heavy atom. The molecule has 1 aliphatic rings. The van der Waals surface area contributed by atoms with E-state index in [1.54, 1.807) is 0 Å². The minimum atomic E-state index is 0.640. The summed E-state index contributed by atoms with van der Waals surface area (Å²) in [5.41, 5.74) is 3.03. The van der Waals surface area contributed by atoms with Crippen molar-refractivity contribution in [2.75, 3.05) is 6.54 Å². The van der Waals surface area contributed by atoms with E-state index in [1.165, 1.54) is 24.0 Å². The van der Waals surface area contributed by atoms with E-state index in [9.17, 15) is 0 Å². The molecule has 0 heterocycles. The number of hydrogen-bond acceptors (Lipinski definition) is 1. The number of rotatable bonds is 3. The van der Waals surface area contributed by atoms with Crippen LogP contribution in [0.4, 0.5) is 0 Å².